The molecule has 128 valence electrons. The van der Waals surface area contributed by atoms with Crippen LogP contribution in [-0.2, 0) is 16.0 Å². The molecule has 1 aromatic rings. The number of amides is 2. The molecule has 0 N–H and O–H groups in total. The highest BCUT2D eigenvalue weighted by Gasteiger charge is 2.40. The third-order valence-corrected chi connectivity index (χ3v) is 5.77. The van der Waals surface area contributed by atoms with Gasteiger partial charge in [-0.2, -0.15) is 0 Å². The third-order valence-electron chi connectivity index (χ3n) is 5.77. The van der Waals surface area contributed by atoms with E-state index in [0.717, 1.165) is 43.2 Å². The van der Waals surface area contributed by atoms with Crippen LogP contribution in [-0.4, -0.2) is 41.2 Å². The van der Waals surface area contributed by atoms with Crippen molar-refractivity contribution in [2.75, 3.05) is 19.6 Å². The lowest BCUT2D eigenvalue weighted by molar-refractivity contribution is -0.152. The number of benzene rings is 1. The Hall–Kier alpha value is -1.91. The molecular formula is C19H23FN2O2. The Balaban J connectivity index is 1.59. The molecule has 0 unspecified atom stereocenters. The van der Waals surface area contributed by atoms with Crippen LogP contribution in [0.25, 0.3) is 0 Å². The van der Waals surface area contributed by atoms with Crippen molar-refractivity contribution >= 4 is 11.8 Å². The van der Waals surface area contributed by atoms with E-state index in [2.05, 4.69) is 0 Å². The van der Waals surface area contributed by atoms with Gasteiger partial charge in [0, 0.05) is 19.0 Å². The second kappa shape index (κ2) is 6.19. The maximum Gasteiger partial charge on any atom is 0.242 e. The Bertz CT molecular complexity index is 669. The van der Waals surface area contributed by atoms with Crippen LogP contribution < -0.4 is 0 Å². The second-order valence-electron chi connectivity index (χ2n) is 7.25. The van der Waals surface area contributed by atoms with Crippen molar-refractivity contribution in [2.24, 2.45) is 5.92 Å². The molecule has 0 bridgehead atoms. The monoisotopic (exact) mass is 330 g/mol. The van der Waals surface area contributed by atoms with E-state index < -0.39 is 0 Å². The minimum Gasteiger partial charge on any atom is -0.332 e. The molecule has 3 aliphatic rings. The number of nitrogens with zero attached hydrogens (tertiary/aromatic N) is 2. The average Bonchev–Trinajstić information content (AvgIpc) is 2.61. The Morgan fingerprint density at radius 2 is 1.96 bits per heavy atom. The molecule has 5 heteroatoms. The Kier molecular flexibility index (Phi) is 4.02. The molecule has 0 radical (unpaired) electrons. The van der Waals surface area contributed by atoms with Crippen molar-refractivity contribution in [3.05, 3.63) is 35.1 Å². The summed E-state index contributed by atoms with van der Waals surface area (Å²) in [4.78, 5) is 28.9. The predicted molar refractivity (Wildman–Crippen MR) is 87.7 cm³/mol. The molecule has 1 saturated heterocycles. The minimum atomic E-state index is -0.279. The van der Waals surface area contributed by atoms with Crippen molar-refractivity contribution in [1.29, 1.82) is 0 Å². The molecule has 0 spiro atoms. The normalized spacial score (nSPS) is 24.5. The van der Waals surface area contributed by atoms with Crippen molar-refractivity contribution in [1.82, 2.24) is 9.80 Å². The molecule has 0 aromatic heterocycles. The summed E-state index contributed by atoms with van der Waals surface area (Å²) in [6.45, 7) is 1.33. The van der Waals surface area contributed by atoms with Gasteiger partial charge in [0.1, 0.15) is 5.82 Å². The van der Waals surface area contributed by atoms with Gasteiger partial charge in [0.2, 0.25) is 11.8 Å². The van der Waals surface area contributed by atoms with Gasteiger partial charge < -0.3 is 9.80 Å². The molecule has 24 heavy (non-hydrogen) atoms. The fourth-order valence-electron chi connectivity index (χ4n) is 4.47. The quantitative estimate of drug-likeness (QED) is 0.794. The number of hydrogen-bond acceptors (Lipinski definition) is 2. The number of fused-ring (bicyclic) bond motifs is 3. The molecule has 1 saturated carbocycles. The highest BCUT2D eigenvalue weighted by molar-refractivity contribution is 5.87. The van der Waals surface area contributed by atoms with Crippen molar-refractivity contribution in [2.45, 2.75) is 44.6 Å². The Morgan fingerprint density at radius 3 is 2.75 bits per heavy atom. The van der Waals surface area contributed by atoms with Crippen molar-refractivity contribution in [3.8, 4) is 0 Å². The minimum absolute atomic E-state index is 0.00896. The SMILES string of the molecule is O=C(C1CCCCC1)N1CC(=O)N2CCc3ccc(F)cc3[C@H]2C1. The van der Waals surface area contributed by atoms with E-state index in [-0.39, 0.29) is 36.1 Å². The van der Waals surface area contributed by atoms with E-state index in [9.17, 15) is 14.0 Å². The summed E-state index contributed by atoms with van der Waals surface area (Å²) in [5.41, 5.74) is 1.97. The average molecular weight is 330 g/mol. The molecule has 4 nitrogen and oxygen atoms in total. The summed E-state index contributed by atoms with van der Waals surface area (Å²) in [6.07, 6.45) is 6.02. The van der Waals surface area contributed by atoms with Gasteiger partial charge in [-0.15, -0.1) is 0 Å². The maximum absolute atomic E-state index is 13.7. The van der Waals surface area contributed by atoms with E-state index >= 15 is 0 Å². The van der Waals surface area contributed by atoms with E-state index in [4.69, 9.17) is 0 Å². The van der Waals surface area contributed by atoms with Gasteiger partial charge in [-0.1, -0.05) is 25.3 Å². The van der Waals surface area contributed by atoms with Crippen LogP contribution >= 0.6 is 0 Å². The molecule has 1 aromatic carbocycles. The van der Waals surface area contributed by atoms with Crippen LogP contribution in [0.4, 0.5) is 4.39 Å². The first-order chi connectivity index (χ1) is 11.6. The molecule has 1 aliphatic carbocycles. The summed E-state index contributed by atoms with van der Waals surface area (Å²) in [6, 6.07) is 4.63. The van der Waals surface area contributed by atoms with Gasteiger partial charge in [-0.3, -0.25) is 9.59 Å². The largest absolute Gasteiger partial charge is 0.332 e. The second-order valence-corrected chi connectivity index (χ2v) is 7.25. The van der Waals surface area contributed by atoms with Crippen LogP contribution in [0.5, 0.6) is 0 Å². The third kappa shape index (κ3) is 2.70. The smallest absolute Gasteiger partial charge is 0.242 e. The van der Waals surface area contributed by atoms with Crippen LogP contribution in [0, 0.1) is 11.7 Å². The zero-order valence-electron chi connectivity index (χ0n) is 13.8. The predicted octanol–water partition coefficient (Wildman–Crippen LogP) is 2.67. The topological polar surface area (TPSA) is 40.6 Å². The van der Waals surface area contributed by atoms with Gasteiger partial charge >= 0.3 is 0 Å². The Labute approximate surface area is 141 Å². The molecule has 1 atom stereocenters. The van der Waals surface area contributed by atoms with Gasteiger partial charge in [0.05, 0.1) is 12.6 Å². The highest BCUT2D eigenvalue weighted by Crippen LogP contribution is 2.35. The van der Waals surface area contributed by atoms with Crippen LogP contribution in [0.1, 0.15) is 49.3 Å². The van der Waals surface area contributed by atoms with Gasteiger partial charge in [-0.05, 0) is 42.5 Å². The number of hydrogen-bond donors (Lipinski definition) is 0. The molecule has 2 amide bonds. The fraction of sp³-hybridized carbons (Fsp3) is 0.579. The number of halogens is 1. The summed E-state index contributed by atoms with van der Waals surface area (Å²) in [7, 11) is 0. The summed E-state index contributed by atoms with van der Waals surface area (Å²) in [5, 5.41) is 0. The first kappa shape index (κ1) is 15.6. The lowest BCUT2D eigenvalue weighted by Crippen LogP contribution is -2.56. The molecule has 2 heterocycles. The fourth-order valence-corrected chi connectivity index (χ4v) is 4.47. The number of carbonyl (C=O) groups is 2. The Morgan fingerprint density at radius 1 is 1.17 bits per heavy atom. The zero-order valence-corrected chi connectivity index (χ0v) is 13.8. The molecule has 2 aliphatic heterocycles. The van der Waals surface area contributed by atoms with E-state index in [1.54, 1.807) is 4.90 Å². The van der Waals surface area contributed by atoms with Gasteiger partial charge in [-0.25, -0.2) is 4.39 Å². The maximum atomic E-state index is 13.7. The van der Waals surface area contributed by atoms with Gasteiger partial charge in [0.15, 0.2) is 0 Å². The van der Waals surface area contributed by atoms with Crippen LogP contribution in [0.3, 0.4) is 0 Å². The van der Waals surface area contributed by atoms with E-state index in [1.165, 1.54) is 18.6 Å². The number of rotatable bonds is 1. The summed E-state index contributed by atoms with van der Waals surface area (Å²) in [5.74, 6) is -0.107. The van der Waals surface area contributed by atoms with Crippen molar-refractivity contribution in [3.63, 3.8) is 0 Å². The number of piperazine rings is 1. The van der Waals surface area contributed by atoms with Gasteiger partial charge in [0.25, 0.3) is 0 Å². The lowest BCUT2D eigenvalue weighted by Gasteiger charge is -2.45. The van der Waals surface area contributed by atoms with E-state index in [0.29, 0.717) is 13.1 Å². The zero-order chi connectivity index (χ0) is 16.7. The van der Waals surface area contributed by atoms with Crippen molar-refractivity contribution < 1.29 is 14.0 Å². The first-order valence-corrected chi connectivity index (χ1v) is 9.00. The standard InChI is InChI=1S/C19H23FN2O2/c20-15-7-6-13-8-9-22-17(16(13)10-15)11-21(12-18(22)23)19(24)14-4-2-1-3-5-14/h6-7,10,14,17H,1-5,8-9,11-12H2/t17-/m1/s1. The van der Waals surface area contributed by atoms with Crippen LogP contribution in [0.15, 0.2) is 18.2 Å². The van der Waals surface area contributed by atoms with E-state index in [1.807, 2.05) is 11.0 Å². The highest BCUT2D eigenvalue weighted by atomic mass is 19.1. The lowest BCUT2D eigenvalue weighted by atomic mass is 9.86. The molecule has 2 fully saturated rings. The summed E-state index contributed by atoms with van der Waals surface area (Å²) < 4.78 is 13.7. The molecular weight excluding hydrogens is 307 g/mol. The van der Waals surface area contributed by atoms with Crippen LogP contribution in [0.2, 0.25) is 0 Å². The molecule has 4 rings (SSSR count). The first-order valence-electron chi connectivity index (χ1n) is 9.00. The number of carbonyl (C=O) groups excluding carboxylic acids is 2. The summed E-state index contributed by atoms with van der Waals surface area (Å²) >= 11 is 0.